The van der Waals surface area contributed by atoms with Crippen LogP contribution >= 0.6 is 11.6 Å². The molecule has 31 heavy (non-hydrogen) atoms. The first-order valence-electron chi connectivity index (χ1n) is 10.2. The molecule has 2 fully saturated rings. The van der Waals surface area contributed by atoms with E-state index in [1.54, 1.807) is 17.0 Å². The largest absolute Gasteiger partial charge is 0.495 e. The molecule has 0 N–H and O–H groups in total. The molecule has 2 aromatic rings. The first kappa shape index (κ1) is 21.9. The van der Waals surface area contributed by atoms with Crippen molar-refractivity contribution < 1.29 is 22.7 Å². The molecule has 0 saturated carbocycles. The molecule has 166 valence electrons. The fourth-order valence-corrected chi connectivity index (χ4v) is 6.20. The molecule has 1 atom stereocenters. The van der Waals surface area contributed by atoms with Crippen molar-refractivity contribution in [2.24, 2.45) is 0 Å². The van der Waals surface area contributed by atoms with Gasteiger partial charge in [0.15, 0.2) is 0 Å². The van der Waals surface area contributed by atoms with Crippen molar-refractivity contribution in [2.45, 2.75) is 36.2 Å². The average Bonchev–Trinajstić information content (AvgIpc) is 3.14. The number of hydrogen-bond acceptors (Lipinski definition) is 5. The summed E-state index contributed by atoms with van der Waals surface area (Å²) in [4.78, 5) is 14.3. The standard InChI is InChI=1S/C22H25ClN2O5S/c1-29-20-8-7-17(23)14-21(20)31(27,28)24-11-9-18(10-12-24)25-19(15-30-22(25)26)13-16-5-3-2-4-6-16/h2-8,14,18-19H,9-13,15H2,1H3. The lowest BCUT2D eigenvalue weighted by Gasteiger charge is -2.37. The van der Waals surface area contributed by atoms with Gasteiger partial charge in [-0.15, -0.1) is 0 Å². The molecule has 2 saturated heterocycles. The van der Waals surface area contributed by atoms with Crippen LogP contribution < -0.4 is 4.74 Å². The molecule has 0 bridgehead atoms. The van der Waals surface area contributed by atoms with Crippen LogP contribution in [0.5, 0.6) is 5.75 Å². The maximum Gasteiger partial charge on any atom is 0.410 e. The van der Waals surface area contributed by atoms with Crippen LogP contribution in [0.15, 0.2) is 53.4 Å². The SMILES string of the molecule is COc1ccc(Cl)cc1S(=O)(=O)N1CCC(N2C(=O)OCC2Cc2ccccc2)CC1. The summed E-state index contributed by atoms with van der Waals surface area (Å²) in [7, 11) is -2.33. The molecule has 2 heterocycles. The minimum absolute atomic E-state index is 0.0453. The molecule has 1 unspecified atom stereocenters. The van der Waals surface area contributed by atoms with Crippen LogP contribution in [0.2, 0.25) is 5.02 Å². The molecule has 2 aromatic carbocycles. The molecule has 0 spiro atoms. The highest BCUT2D eigenvalue weighted by Crippen LogP contribution is 2.33. The Morgan fingerprint density at radius 1 is 1.13 bits per heavy atom. The van der Waals surface area contributed by atoms with Crippen LogP contribution in [0.4, 0.5) is 4.79 Å². The summed E-state index contributed by atoms with van der Waals surface area (Å²) in [6.45, 7) is 0.973. The maximum atomic E-state index is 13.2. The number of ether oxygens (including phenoxy) is 2. The van der Waals surface area contributed by atoms with Gasteiger partial charge in [0, 0.05) is 24.2 Å². The molecular weight excluding hydrogens is 440 g/mol. The van der Waals surface area contributed by atoms with Crippen molar-refractivity contribution in [3.8, 4) is 5.75 Å². The maximum absolute atomic E-state index is 13.2. The average molecular weight is 465 g/mol. The molecule has 0 aliphatic carbocycles. The van der Waals surface area contributed by atoms with E-state index in [0.717, 1.165) is 5.56 Å². The number of methoxy groups -OCH3 is 1. The quantitative estimate of drug-likeness (QED) is 0.653. The Hall–Kier alpha value is -2.29. The number of carbonyl (C=O) groups is 1. The van der Waals surface area contributed by atoms with Crippen molar-refractivity contribution in [1.29, 1.82) is 0 Å². The summed E-state index contributed by atoms with van der Waals surface area (Å²) in [5.41, 5.74) is 1.14. The van der Waals surface area contributed by atoms with Gasteiger partial charge in [-0.05, 0) is 43.0 Å². The number of rotatable bonds is 6. The predicted molar refractivity (Wildman–Crippen MR) is 117 cm³/mol. The molecule has 2 aliphatic rings. The third-order valence-corrected chi connectivity index (χ3v) is 8.03. The van der Waals surface area contributed by atoms with Gasteiger partial charge >= 0.3 is 6.09 Å². The Morgan fingerprint density at radius 3 is 2.52 bits per heavy atom. The molecule has 1 amide bonds. The van der Waals surface area contributed by atoms with Gasteiger partial charge in [0.1, 0.15) is 17.3 Å². The number of sulfonamides is 1. The Labute approximate surface area is 187 Å². The van der Waals surface area contributed by atoms with Crippen molar-refractivity contribution in [2.75, 3.05) is 26.8 Å². The van der Waals surface area contributed by atoms with E-state index in [0.29, 0.717) is 44.0 Å². The highest BCUT2D eigenvalue weighted by molar-refractivity contribution is 7.89. The Bertz CT molecular complexity index is 1040. The van der Waals surface area contributed by atoms with Crippen LogP contribution in [-0.2, 0) is 21.2 Å². The van der Waals surface area contributed by atoms with Gasteiger partial charge in [-0.3, -0.25) is 4.90 Å². The number of piperidine rings is 1. The number of benzene rings is 2. The number of cyclic esters (lactones) is 1. The zero-order valence-electron chi connectivity index (χ0n) is 17.2. The van der Waals surface area contributed by atoms with Gasteiger partial charge in [-0.25, -0.2) is 13.2 Å². The summed E-state index contributed by atoms with van der Waals surface area (Å²) < 4.78 is 38.4. The number of carbonyl (C=O) groups excluding carboxylic acids is 1. The van der Waals surface area contributed by atoms with E-state index in [9.17, 15) is 13.2 Å². The second-order valence-corrected chi connectivity index (χ2v) is 10.1. The van der Waals surface area contributed by atoms with Crippen molar-refractivity contribution in [1.82, 2.24) is 9.21 Å². The van der Waals surface area contributed by atoms with Crippen LogP contribution in [0, 0.1) is 0 Å². The fraction of sp³-hybridized carbons (Fsp3) is 0.409. The van der Waals surface area contributed by atoms with Crippen LogP contribution in [0.3, 0.4) is 0 Å². The van der Waals surface area contributed by atoms with Crippen molar-refractivity contribution >= 4 is 27.7 Å². The highest BCUT2D eigenvalue weighted by Gasteiger charge is 2.41. The Balaban J connectivity index is 1.46. The van der Waals surface area contributed by atoms with E-state index in [-0.39, 0.29) is 28.8 Å². The molecule has 9 heteroatoms. The minimum atomic E-state index is -3.76. The van der Waals surface area contributed by atoms with E-state index in [2.05, 4.69) is 0 Å². The van der Waals surface area contributed by atoms with Gasteiger partial charge < -0.3 is 9.47 Å². The van der Waals surface area contributed by atoms with Crippen LogP contribution in [0.25, 0.3) is 0 Å². The van der Waals surface area contributed by atoms with Gasteiger partial charge in [0.25, 0.3) is 0 Å². The summed E-state index contributed by atoms with van der Waals surface area (Å²) >= 11 is 6.03. The third kappa shape index (κ3) is 4.51. The zero-order valence-corrected chi connectivity index (χ0v) is 18.8. The topological polar surface area (TPSA) is 76.2 Å². The first-order valence-corrected chi connectivity index (χ1v) is 12.0. The Morgan fingerprint density at radius 2 is 1.84 bits per heavy atom. The summed E-state index contributed by atoms with van der Waals surface area (Å²) in [6.07, 6.45) is 1.48. The van der Waals surface area contributed by atoms with Gasteiger partial charge in [-0.2, -0.15) is 4.31 Å². The lowest BCUT2D eigenvalue weighted by atomic mass is 10.00. The predicted octanol–water partition coefficient (Wildman–Crippen LogP) is 3.57. The molecule has 0 aromatic heterocycles. The zero-order chi connectivity index (χ0) is 22.0. The first-order chi connectivity index (χ1) is 14.9. The van der Waals surface area contributed by atoms with Gasteiger partial charge in [-0.1, -0.05) is 41.9 Å². The number of halogens is 1. The monoisotopic (exact) mass is 464 g/mol. The van der Waals surface area contributed by atoms with E-state index in [4.69, 9.17) is 21.1 Å². The minimum Gasteiger partial charge on any atom is -0.495 e. The molecular formula is C22H25ClN2O5S. The third-order valence-electron chi connectivity index (χ3n) is 5.88. The second-order valence-electron chi connectivity index (χ2n) is 7.76. The smallest absolute Gasteiger partial charge is 0.410 e. The van der Waals surface area contributed by atoms with Crippen LogP contribution in [-0.4, -0.2) is 62.6 Å². The molecule has 4 rings (SSSR count). The second kappa shape index (κ2) is 9.06. The van der Waals surface area contributed by atoms with Crippen LogP contribution in [0.1, 0.15) is 18.4 Å². The summed E-state index contributed by atoms with van der Waals surface area (Å²) in [5, 5.41) is 0.331. The lowest BCUT2D eigenvalue weighted by molar-refractivity contribution is 0.125. The number of hydrogen-bond donors (Lipinski definition) is 0. The van der Waals surface area contributed by atoms with E-state index in [1.807, 2.05) is 30.3 Å². The number of nitrogens with zero attached hydrogens (tertiary/aromatic N) is 2. The highest BCUT2D eigenvalue weighted by atomic mass is 35.5. The van der Waals surface area contributed by atoms with Crippen molar-refractivity contribution in [3.63, 3.8) is 0 Å². The fourth-order valence-electron chi connectivity index (χ4n) is 4.31. The lowest BCUT2D eigenvalue weighted by Crippen LogP contribution is -2.50. The number of amides is 1. The molecule has 7 nitrogen and oxygen atoms in total. The summed E-state index contributed by atoms with van der Waals surface area (Å²) in [5.74, 6) is 0.262. The van der Waals surface area contributed by atoms with E-state index in [1.165, 1.54) is 17.5 Å². The molecule has 0 radical (unpaired) electrons. The summed E-state index contributed by atoms with van der Waals surface area (Å²) in [6, 6.07) is 14.4. The molecule has 2 aliphatic heterocycles. The van der Waals surface area contributed by atoms with Gasteiger partial charge in [0.05, 0.1) is 13.2 Å². The van der Waals surface area contributed by atoms with Crippen molar-refractivity contribution in [3.05, 3.63) is 59.1 Å². The van der Waals surface area contributed by atoms with E-state index >= 15 is 0 Å². The Kier molecular flexibility index (Phi) is 6.41. The van der Waals surface area contributed by atoms with E-state index < -0.39 is 10.0 Å². The van der Waals surface area contributed by atoms with Gasteiger partial charge in [0.2, 0.25) is 10.0 Å². The normalized spacial score (nSPS) is 20.6.